The van der Waals surface area contributed by atoms with Crippen LogP contribution in [0.5, 0.6) is 0 Å². The maximum atomic E-state index is 13.4. The topological polar surface area (TPSA) is 62.4 Å². The molecule has 0 unspecified atom stereocenters. The van der Waals surface area contributed by atoms with E-state index < -0.39 is 6.10 Å². The SMILES string of the molecule is O[C@H]1C[C@@H](c2cccc(F)c2)N(Cc2nc(C3CC3)no2)C1. The molecule has 1 N–H and O–H groups in total. The first-order valence-electron chi connectivity index (χ1n) is 7.69. The third kappa shape index (κ3) is 2.76. The summed E-state index contributed by atoms with van der Waals surface area (Å²) in [6.07, 6.45) is 2.44. The van der Waals surface area contributed by atoms with Crippen molar-refractivity contribution in [3.05, 3.63) is 47.4 Å². The fourth-order valence-corrected chi connectivity index (χ4v) is 3.13. The Kier molecular flexibility index (Phi) is 3.43. The van der Waals surface area contributed by atoms with Crippen molar-refractivity contribution >= 4 is 0 Å². The maximum Gasteiger partial charge on any atom is 0.240 e. The van der Waals surface area contributed by atoms with E-state index >= 15 is 0 Å². The molecule has 116 valence electrons. The zero-order chi connectivity index (χ0) is 15.1. The molecule has 2 heterocycles. The van der Waals surface area contributed by atoms with Crippen LogP contribution in [0.15, 0.2) is 28.8 Å². The number of nitrogens with zero attached hydrogens (tertiary/aromatic N) is 3. The molecule has 0 bridgehead atoms. The van der Waals surface area contributed by atoms with Gasteiger partial charge < -0.3 is 9.63 Å². The molecule has 1 aromatic heterocycles. The molecule has 4 rings (SSSR count). The third-order valence-electron chi connectivity index (χ3n) is 4.38. The summed E-state index contributed by atoms with van der Waals surface area (Å²) in [6, 6.07) is 6.52. The number of halogens is 1. The molecule has 1 saturated carbocycles. The summed E-state index contributed by atoms with van der Waals surface area (Å²) in [5.74, 6) is 1.56. The van der Waals surface area contributed by atoms with Gasteiger partial charge in [-0.25, -0.2) is 4.39 Å². The molecule has 0 radical (unpaired) electrons. The van der Waals surface area contributed by atoms with E-state index in [1.165, 1.54) is 12.1 Å². The van der Waals surface area contributed by atoms with E-state index in [9.17, 15) is 9.50 Å². The van der Waals surface area contributed by atoms with E-state index in [1.54, 1.807) is 6.07 Å². The van der Waals surface area contributed by atoms with Crippen LogP contribution in [0.2, 0.25) is 0 Å². The van der Waals surface area contributed by atoms with Crippen molar-refractivity contribution in [1.29, 1.82) is 0 Å². The van der Waals surface area contributed by atoms with Crippen LogP contribution in [0.3, 0.4) is 0 Å². The highest BCUT2D eigenvalue weighted by Crippen LogP contribution is 2.38. The standard InChI is InChI=1S/C16H18FN3O2/c17-12-3-1-2-11(6-12)14-7-13(21)8-20(14)9-15-18-16(19-22-15)10-4-5-10/h1-3,6,10,13-14,21H,4-5,7-9H2/t13-,14-/m0/s1. The predicted molar refractivity (Wildman–Crippen MR) is 76.4 cm³/mol. The highest BCUT2D eigenvalue weighted by Gasteiger charge is 2.34. The minimum atomic E-state index is -0.418. The van der Waals surface area contributed by atoms with E-state index in [0.717, 1.165) is 24.2 Å². The molecule has 2 aliphatic rings. The number of benzene rings is 1. The van der Waals surface area contributed by atoms with Gasteiger partial charge in [0.05, 0.1) is 12.6 Å². The molecule has 22 heavy (non-hydrogen) atoms. The first-order valence-corrected chi connectivity index (χ1v) is 7.69. The average molecular weight is 303 g/mol. The largest absolute Gasteiger partial charge is 0.392 e. The summed E-state index contributed by atoms with van der Waals surface area (Å²) < 4.78 is 18.8. The Bertz CT molecular complexity index is 671. The van der Waals surface area contributed by atoms with E-state index in [0.29, 0.717) is 31.3 Å². The van der Waals surface area contributed by atoms with Crippen LogP contribution in [-0.2, 0) is 6.54 Å². The number of aromatic nitrogens is 2. The van der Waals surface area contributed by atoms with Gasteiger partial charge in [-0.3, -0.25) is 4.90 Å². The minimum Gasteiger partial charge on any atom is -0.392 e. The monoisotopic (exact) mass is 303 g/mol. The molecular weight excluding hydrogens is 285 g/mol. The fourth-order valence-electron chi connectivity index (χ4n) is 3.13. The van der Waals surface area contributed by atoms with Gasteiger partial charge in [0.15, 0.2) is 5.82 Å². The second kappa shape index (κ2) is 5.44. The van der Waals surface area contributed by atoms with Gasteiger partial charge in [-0.1, -0.05) is 17.3 Å². The second-order valence-electron chi connectivity index (χ2n) is 6.21. The summed E-state index contributed by atoms with van der Waals surface area (Å²) in [6.45, 7) is 1.01. The summed E-state index contributed by atoms with van der Waals surface area (Å²) in [7, 11) is 0. The van der Waals surface area contributed by atoms with Gasteiger partial charge >= 0.3 is 0 Å². The van der Waals surface area contributed by atoms with Crippen molar-refractivity contribution in [2.75, 3.05) is 6.54 Å². The summed E-state index contributed by atoms with van der Waals surface area (Å²) in [5, 5.41) is 14.0. The Morgan fingerprint density at radius 3 is 3.00 bits per heavy atom. The van der Waals surface area contributed by atoms with Gasteiger partial charge in [0.25, 0.3) is 0 Å². The van der Waals surface area contributed by atoms with E-state index in [2.05, 4.69) is 15.0 Å². The Labute approximate surface area is 127 Å². The molecule has 1 aliphatic carbocycles. The second-order valence-corrected chi connectivity index (χ2v) is 6.21. The lowest BCUT2D eigenvalue weighted by atomic mass is 10.0. The molecule has 2 fully saturated rings. The average Bonchev–Trinajstić information content (AvgIpc) is 3.13. The number of likely N-dealkylation sites (tertiary alicyclic amines) is 1. The van der Waals surface area contributed by atoms with Crippen molar-refractivity contribution in [3.8, 4) is 0 Å². The molecule has 0 amide bonds. The van der Waals surface area contributed by atoms with Gasteiger partial charge in [-0.15, -0.1) is 0 Å². The Morgan fingerprint density at radius 1 is 1.36 bits per heavy atom. The van der Waals surface area contributed by atoms with Crippen molar-refractivity contribution < 1.29 is 14.0 Å². The van der Waals surface area contributed by atoms with Crippen molar-refractivity contribution in [2.45, 2.75) is 43.9 Å². The first-order chi connectivity index (χ1) is 10.7. The first kappa shape index (κ1) is 13.8. The van der Waals surface area contributed by atoms with Gasteiger partial charge in [-0.05, 0) is 37.0 Å². The minimum absolute atomic E-state index is 0.0259. The van der Waals surface area contributed by atoms with Crippen LogP contribution < -0.4 is 0 Å². The number of hydrogen-bond donors (Lipinski definition) is 1. The number of hydrogen-bond acceptors (Lipinski definition) is 5. The molecule has 1 saturated heterocycles. The zero-order valence-electron chi connectivity index (χ0n) is 12.2. The third-order valence-corrected chi connectivity index (χ3v) is 4.38. The molecular formula is C16H18FN3O2. The lowest BCUT2D eigenvalue weighted by Gasteiger charge is -2.22. The van der Waals surface area contributed by atoms with Crippen LogP contribution >= 0.6 is 0 Å². The number of aliphatic hydroxyl groups excluding tert-OH is 1. The van der Waals surface area contributed by atoms with Crippen LogP contribution in [0.4, 0.5) is 4.39 Å². The lowest BCUT2D eigenvalue weighted by Crippen LogP contribution is -2.24. The molecule has 1 aromatic carbocycles. The molecule has 2 aromatic rings. The summed E-state index contributed by atoms with van der Waals surface area (Å²) >= 11 is 0. The van der Waals surface area contributed by atoms with Crippen LogP contribution in [0.1, 0.15) is 48.5 Å². The Balaban J connectivity index is 1.53. The maximum absolute atomic E-state index is 13.4. The Hall–Kier alpha value is -1.79. The summed E-state index contributed by atoms with van der Waals surface area (Å²) in [4.78, 5) is 6.50. The van der Waals surface area contributed by atoms with Crippen LogP contribution in [0, 0.1) is 5.82 Å². The van der Waals surface area contributed by atoms with Crippen molar-refractivity contribution in [2.24, 2.45) is 0 Å². The highest BCUT2D eigenvalue weighted by molar-refractivity contribution is 5.22. The van der Waals surface area contributed by atoms with Gasteiger partial charge in [0.2, 0.25) is 5.89 Å². The number of β-amino-alcohol motifs (C(OH)–C–C–N with tert-alkyl or cyclic N) is 1. The molecule has 1 aliphatic heterocycles. The number of aliphatic hydroxyl groups is 1. The smallest absolute Gasteiger partial charge is 0.240 e. The van der Waals surface area contributed by atoms with Crippen molar-refractivity contribution in [1.82, 2.24) is 15.0 Å². The van der Waals surface area contributed by atoms with E-state index in [1.807, 2.05) is 6.07 Å². The zero-order valence-corrected chi connectivity index (χ0v) is 12.2. The predicted octanol–water partition coefficient (Wildman–Crippen LogP) is 2.39. The van der Waals surface area contributed by atoms with Gasteiger partial charge in [-0.2, -0.15) is 4.98 Å². The highest BCUT2D eigenvalue weighted by atomic mass is 19.1. The van der Waals surface area contributed by atoms with E-state index in [-0.39, 0.29) is 11.9 Å². The Morgan fingerprint density at radius 2 is 2.23 bits per heavy atom. The normalized spacial score (nSPS) is 25.7. The molecule has 6 heteroatoms. The van der Waals surface area contributed by atoms with Crippen LogP contribution in [0.25, 0.3) is 0 Å². The lowest BCUT2D eigenvalue weighted by molar-refractivity contribution is 0.164. The molecule has 2 atom stereocenters. The molecule has 5 nitrogen and oxygen atoms in total. The van der Waals surface area contributed by atoms with Gasteiger partial charge in [0, 0.05) is 18.5 Å². The quantitative estimate of drug-likeness (QED) is 0.939. The fraction of sp³-hybridized carbons (Fsp3) is 0.500. The van der Waals surface area contributed by atoms with Crippen molar-refractivity contribution in [3.63, 3.8) is 0 Å². The number of rotatable bonds is 4. The van der Waals surface area contributed by atoms with E-state index in [4.69, 9.17) is 4.52 Å². The van der Waals surface area contributed by atoms with Crippen LogP contribution in [-0.4, -0.2) is 32.8 Å². The summed E-state index contributed by atoms with van der Waals surface area (Å²) in [5.41, 5.74) is 0.874. The molecule has 0 spiro atoms. The van der Waals surface area contributed by atoms with Gasteiger partial charge in [0.1, 0.15) is 5.82 Å².